The highest BCUT2D eigenvalue weighted by Gasteiger charge is 2.48. The lowest BCUT2D eigenvalue weighted by Crippen LogP contribution is -2.48. The van der Waals surface area contributed by atoms with Gasteiger partial charge in [-0.15, -0.1) is 0 Å². The molecule has 0 radical (unpaired) electrons. The molecule has 6 heteroatoms. The summed E-state index contributed by atoms with van der Waals surface area (Å²) in [5.41, 5.74) is 10.4. The molecule has 110 valence electrons. The standard InChI is InChI=1S/C16H14N4O2/c1-16(18-19-17)14(21)11-7-4-6-10-9-5-2-3-8-12(9)20(13(10)11)15(16)22/h4,6-7H,2-3,5,8H2,1H3. The first-order chi connectivity index (χ1) is 10.6. The van der Waals surface area contributed by atoms with Crippen LogP contribution in [-0.4, -0.2) is 21.8 Å². The van der Waals surface area contributed by atoms with E-state index in [1.165, 1.54) is 6.92 Å². The number of hydrogen-bond acceptors (Lipinski definition) is 3. The van der Waals surface area contributed by atoms with Crippen LogP contribution in [0.15, 0.2) is 23.3 Å². The van der Waals surface area contributed by atoms with Gasteiger partial charge in [0, 0.05) is 21.6 Å². The van der Waals surface area contributed by atoms with Crippen LogP contribution in [0.25, 0.3) is 21.3 Å². The van der Waals surface area contributed by atoms with Crippen molar-refractivity contribution < 1.29 is 9.59 Å². The maximum atomic E-state index is 12.9. The highest BCUT2D eigenvalue weighted by Crippen LogP contribution is 2.39. The van der Waals surface area contributed by atoms with Crippen molar-refractivity contribution in [3.63, 3.8) is 0 Å². The van der Waals surface area contributed by atoms with Crippen molar-refractivity contribution in [3.05, 3.63) is 45.5 Å². The Hall–Kier alpha value is -2.59. The van der Waals surface area contributed by atoms with Crippen LogP contribution >= 0.6 is 0 Å². The molecule has 0 bridgehead atoms. The average Bonchev–Trinajstić information content (AvgIpc) is 2.87. The number of hydrogen-bond donors (Lipinski definition) is 0. The van der Waals surface area contributed by atoms with Crippen molar-refractivity contribution in [2.75, 3.05) is 0 Å². The first-order valence-corrected chi connectivity index (χ1v) is 7.40. The Bertz CT molecular complexity index is 904. The molecule has 1 aliphatic carbocycles. The number of fused-ring (bicyclic) bond motifs is 3. The number of ketones is 1. The van der Waals surface area contributed by atoms with Crippen LogP contribution in [0.2, 0.25) is 0 Å². The summed E-state index contributed by atoms with van der Waals surface area (Å²) in [6.45, 7) is 1.41. The second-order valence-corrected chi connectivity index (χ2v) is 6.07. The summed E-state index contributed by atoms with van der Waals surface area (Å²) >= 11 is 0. The Morgan fingerprint density at radius 1 is 1.27 bits per heavy atom. The van der Waals surface area contributed by atoms with Gasteiger partial charge in [-0.05, 0) is 49.8 Å². The number of azide groups is 1. The highest BCUT2D eigenvalue weighted by atomic mass is 16.2. The van der Waals surface area contributed by atoms with Gasteiger partial charge < -0.3 is 0 Å². The lowest BCUT2D eigenvalue weighted by molar-refractivity contribution is 0.0719. The molecular weight excluding hydrogens is 280 g/mol. The van der Waals surface area contributed by atoms with E-state index in [4.69, 9.17) is 5.53 Å². The number of nitrogens with zero attached hydrogens (tertiary/aromatic N) is 4. The summed E-state index contributed by atoms with van der Waals surface area (Å²) in [5.74, 6) is -0.842. The van der Waals surface area contributed by atoms with E-state index in [9.17, 15) is 9.59 Å². The molecule has 0 spiro atoms. The van der Waals surface area contributed by atoms with Crippen molar-refractivity contribution in [2.24, 2.45) is 5.11 Å². The van der Waals surface area contributed by atoms with E-state index in [2.05, 4.69) is 10.0 Å². The Labute approximate surface area is 126 Å². The third-order valence-electron chi connectivity index (χ3n) is 4.84. The van der Waals surface area contributed by atoms with Gasteiger partial charge in [0.1, 0.15) is 0 Å². The number of rotatable bonds is 1. The molecular formula is C16H14N4O2. The molecule has 0 saturated heterocycles. The highest BCUT2D eigenvalue weighted by molar-refractivity contribution is 6.27. The molecule has 4 rings (SSSR count). The van der Waals surface area contributed by atoms with Gasteiger partial charge in [-0.25, -0.2) is 0 Å². The molecule has 1 aromatic carbocycles. The third-order valence-corrected chi connectivity index (χ3v) is 4.84. The zero-order chi connectivity index (χ0) is 15.5. The van der Waals surface area contributed by atoms with Crippen molar-refractivity contribution in [2.45, 2.75) is 38.1 Å². The molecule has 0 saturated carbocycles. The maximum Gasteiger partial charge on any atom is 0.251 e. The summed E-state index contributed by atoms with van der Waals surface area (Å²) in [5, 5.41) is 4.54. The summed E-state index contributed by atoms with van der Waals surface area (Å²) in [6.07, 6.45) is 3.85. The minimum atomic E-state index is -1.69. The summed E-state index contributed by atoms with van der Waals surface area (Å²) in [7, 11) is 0. The largest absolute Gasteiger partial charge is 0.293 e. The fraction of sp³-hybridized carbons (Fsp3) is 0.375. The SMILES string of the molecule is CC1(N=[N+]=[N-])C(=O)c2cccc3c4c(n(c23)C1=O)CCCC4. The van der Waals surface area contributed by atoms with Crippen LogP contribution in [0, 0.1) is 0 Å². The molecule has 6 nitrogen and oxygen atoms in total. The lowest BCUT2D eigenvalue weighted by Gasteiger charge is -2.28. The monoisotopic (exact) mass is 294 g/mol. The first-order valence-electron chi connectivity index (χ1n) is 7.40. The van der Waals surface area contributed by atoms with Crippen LogP contribution < -0.4 is 0 Å². The molecule has 0 N–H and O–H groups in total. The molecule has 1 aliphatic heterocycles. The lowest BCUT2D eigenvalue weighted by atomic mass is 9.87. The molecule has 1 unspecified atom stereocenters. The molecule has 1 atom stereocenters. The number of benzene rings is 1. The average molecular weight is 294 g/mol. The molecule has 0 fully saturated rings. The fourth-order valence-corrected chi connectivity index (χ4v) is 3.75. The molecule has 22 heavy (non-hydrogen) atoms. The molecule has 2 heterocycles. The van der Waals surface area contributed by atoms with Gasteiger partial charge >= 0.3 is 0 Å². The van der Waals surface area contributed by atoms with Crippen LogP contribution in [0.3, 0.4) is 0 Å². The van der Waals surface area contributed by atoms with Gasteiger partial charge in [0.05, 0.1) is 5.52 Å². The minimum absolute atomic E-state index is 0.414. The topological polar surface area (TPSA) is 87.8 Å². The number of carbonyl (C=O) groups excluding carboxylic acids is 2. The Morgan fingerprint density at radius 3 is 2.82 bits per heavy atom. The van der Waals surface area contributed by atoms with Crippen LogP contribution in [-0.2, 0) is 12.8 Å². The Balaban J connectivity index is 2.17. The van der Waals surface area contributed by atoms with Gasteiger partial charge in [-0.2, -0.15) is 0 Å². The van der Waals surface area contributed by atoms with E-state index >= 15 is 0 Å². The fourth-order valence-electron chi connectivity index (χ4n) is 3.75. The van der Waals surface area contributed by atoms with E-state index in [0.29, 0.717) is 11.1 Å². The van der Waals surface area contributed by atoms with Gasteiger partial charge in [0.2, 0.25) is 0 Å². The smallest absolute Gasteiger partial charge is 0.251 e. The van der Waals surface area contributed by atoms with E-state index in [1.54, 1.807) is 10.6 Å². The zero-order valence-corrected chi connectivity index (χ0v) is 12.2. The maximum absolute atomic E-state index is 12.9. The minimum Gasteiger partial charge on any atom is -0.293 e. The van der Waals surface area contributed by atoms with E-state index < -0.39 is 17.2 Å². The molecule has 1 aromatic heterocycles. The Kier molecular flexibility index (Phi) is 2.51. The number of aryl methyl sites for hydroxylation is 1. The van der Waals surface area contributed by atoms with Crippen LogP contribution in [0.1, 0.15) is 46.2 Å². The van der Waals surface area contributed by atoms with Gasteiger partial charge in [-0.1, -0.05) is 17.2 Å². The van der Waals surface area contributed by atoms with Crippen LogP contribution in [0.5, 0.6) is 0 Å². The quantitative estimate of drug-likeness (QED) is 0.349. The second-order valence-electron chi connectivity index (χ2n) is 6.07. The van der Waals surface area contributed by atoms with Crippen molar-refractivity contribution in [1.82, 2.24) is 4.57 Å². The van der Waals surface area contributed by atoms with Gasteiger partial charge in [0.25, 0.3) is 5.91 Å². The first kappa shape index (κ1) is 13.1. The van der Waals surface area contributed by atoms with Crippen molar-refractivity contribution in [3.8, 4) is 0 Å². The summed E-state index contributed by atoms with van der Waals surface area (Å²) in [6, 6.07) is 5.52. The predicted octanol–water partition coefficient (Wildman–Crippen LogP) is 3.43. The van der Waals surface area contributed by atoms with Crippen molar-refractivity contribution >= 4 is 22.6 Å². The number of carbonyl (C=O) groups is 2. The normalized spacial score (nSPS) is 23.3. The van der Waals surface area contributed by atoms with Gasteiger partial charge in [-0.3, -0.25) is 14.2 Å². The Morgan fingerprint density at radius 2 is 2.05 bits per heavy atom. The zero-order valence-electron chi connectivity index (χ0n) is 12.2. The number of Topliss-reactive ketones (excluding diaryl/α,β-unsaturated/α-hetero) is 1. The number of aromatic nitrogens is 1. The van der Waals surface area contributed by atoms with E-state index in [0.717, 1.165) is 42.3 Å². The van der Waals surface area contributed by atoms with E-state index in [-0.39, 0.29) is 0 Å². The van der Waals surface area contributed by atoms with E-state index in [1.807, 2.05) is 12.1 Å². The molecule has 2 aromatic rings. The predicted molar refractivity (Wildman–Crippen MR) is 81.1 cm³/mol. The van der Waals surface area contributed by atoms with Crippen molar-refractivity contribution in [1.29, 1.82) is 0 Å². The van der Waals surface area contributed by atoms with Gasteiger partial charge in [0.15, 0.2) is 11.3 Å². The molecule has 2 aliphatic rings. The van der Waals surface area contributed by atoms with Crippen LogP contribution in [0.4, 0.5) is 0 Å². The summed E-state index contributed by atoms with van der Waals surface area (Å²) in [4.78, 5) is 28.4. The molecule has 0 amide bonds. The third kappa shape index (κ3) is 1.37. The summed E-state index contributed by atoms with van der Waals surface area (Å²) < 4.78 is 1.63. The number of para-hydroxylation sites is 1. The second kappa shape index (κ2) is 4.21.